The van der Waals surface area contributed by atoms with Crippen LogP contribution in [-0.4, -0.2) is 37.6 Å². The Morgan fingerprint density at radius 1 is 1.24 bits per heavy atom. The molecule has 3 heteroatoms. The molecule has 0 bridgehead atoms. The number of hydrogen-bond donors (Lipinski definition) is 1. The van der Waals surface area contributed by atoms with Crippen LogP contribution in [0.3, 0.4) is 0 Å². The summed E-state index contributed by atoms with van der Waals surface area (Å²) in [5.41, 5.74) is 3.19. The molecule has 1 heterocycles. The number of nitrogens with one attached hydrogen (secondary N) is 1. The Morgan fingerprint density at radius 2 is 1.94 bits per heavy atom. The van der Waals surface area contributed by atoms with E-state index in [1.807, 2.05) is 19.9 Å². The minimum Gasteiger partial charge on any atom is -0.314 e. The van der Waals surface area contributed by atoms with Crippen LogP contribution in [0.25, 0.3) is 0 Å². The zero-order chi connectivity index (χ0) is 12.3. The minimum atomic E-state index is -0.0526. The summed E-state index contributed by atoms with van der Waals surface area (Å²) >= 11 is 0. The summed E-state index contributed by atoms with van der Waals surface area (Å²) in [6.07, 6.45) is 0.819. The van der Waals surface area contributed by atoms with Crippen molar-refractivity contribution < 1.29 is 4.39 Å². The van der Waals surface area contributed by atoms with E-state index in [0.29, 0.717) is 0 Å². The first-order valence-electron chi connectivity index (χ1n) is 6.36. The van der Waals surface area contributed by atoms with Crippen molar-refractivity contribution in [3.63, 3.8) is 0 Å². The van der Waals surface area contributed by atoms with Gasteiger partial charge >= 0.3 is 0 Å². The van der Waals surface area contributed by atoms with Gasteiger partial charge in [0.2, 0.25) is 0 Å². The van der Waals surface area contributed by atoms with Gasteiger partial charge in [-0.05, 0) is 43.0 Å². The summed E-state index contributed by atoms with van der Waals surface area (Å²) < 4.78 is 13.8. The van der Waals surface area contributed by atoms with E-state index in [1.165, 1.54) is 5.56 Å². The number of hydrogen-bond acceptors (Lipinski definition) is 2. The molecule has 17 heavy (non-hydrogen) atoms. The maximum Gasteiger partial charge on any atom is 0.126 e. The van der Waals surface area contributed by atoms with Crippen molar-refractivity contribution in [2.24, 2.45) is 0 Å². The summed E-state index contributed by atoms with van der Waals surface area (Å²) in [6, 6.07) is 3.45. The molecule has 1 aliphatic heterocycles. The summed E-state index contributed by atoms with van der Waals surface area (Å²) in [6.45, 7) is 9.28. The van der Waals surface area contributed by atoms with E-state index in [0.717, 1.165) is 50.3 Å². The van der Waals surface area contributed by atoms with Crippen molar-refractivity contribution in [2.75, 3.05) is 32.7 Å². The normalized spacial score (nSPS) is 17.4. The van der Waals surface area contributed by atoms with Gasteiger partial charge in [-0.3, -0.25) is 0 Å². The molecule has 2 nitrogen and oxygen atoms in total. The molecular formula is C14H21FN2. The number of piperazine rings is 1. The Hall–Kier alpha value is -0.930. The predicted octanol–water partition coefficient (Wildman–Crippen LogP) is 1.89. The van der Waals surface area contributed by atoms with Crippen LogP contribution in [0.2, 0.25) is 0 Å². The molecule has 0 aromatic heterocycles. The highest BCUT2D eigenvalue weighted by Crippen LogP contribution is 2.17. The van der Waals surface area contributed by atoms with Crippen LogP contribution >= 0.6 is 0 Å². The lowest BCUT2D eigenvalue weighted by molar-refractivity contribution is 0.243. The highest BCUT2D eigenvalue weighted by molar-refractivity contribution is 5.34. The topological polar surface area (TPSA) is 15.3 Å². The molecule has 1 N–H and O–H groups in total. The summed E-state index contributed by atoms with van der Waals surface area (Å²) in [5.74, 6) is -0.0526. The second kappa shape index (κ2) is 5.61. The van der Waals surface area contributed by atoms with Gasteiger partial charge in [0.05, 0.1) is 0 Å². The van der Waals surface area contributed by atoms with E-state index in [1.54, 1.807) is 6.07 Å². The molecular weight excluding hydrogens is 215 g/mol. The van der Waals surface area contributed by atoms with Crippen molar-refractivity contribution in [1.29, 1.82) is 0 Å². The molecule has 0 aliphatic carbocycles. The van der Waals surface area contributed by atoms with Gasteiger partial charge in [-0.25, -0.2) is 4.39 Å². The Kier molecular flexibility index (Phi) is 4.13. The summed E-state index contributed by atoms with van der Waals surface area (Å²) in [7, 11) is 0. The van der Waals surface area contributed by atoms with Crippen LogP contribution in [0.1, 0.15) is 16.7 Å². The third-order valence-electron chi connectivity index (χ3n) is 3.70. The first kappa shape index (κ1) is 12.5. The molecule has 1 aliphatic rings. The van der Waals surface area contributed by atoms with Crippen molar-refractivity contribution >= 4 is 0 Å². The Bertz CT molecular complexity index is 384. The third kappa shape index (κ3) is 3.05. The van der Waals surface area contributed by atoms with E-state index < -0.39 is 0 Å². The monoisotopic (exact) mass is 236 g/mol. The quantitative estimate of drug-likeness (QED) is 0.862. The molecule has 1 aromatic rings. The fourth-order valence-corrected chi connectivity index (χ4v) is 2.35. The molecule has 0 saturated carbocycles. The van der Waals surface area contributed by atoms with Crippen LogP contribution in [0.5, 0.6) is 0 Å². The van der Waals surface area contributed by atoms with Gasteiger partial charge in [-0.2, -0.15) is 0 Å². The fraction of sp³-hybridized carbons (Fsp3) is 0.571. The molecule has 0 spiro atoms. The van der Waals surface area contributed by atoms with E-state index >= 15 is 0 Å². The number of benzene rings is 1. The van der Waals surface area contributed by atoms with Crippen LogP contribution in [-0.2, 0) is 6.42 Å². The first-order chi connectivity index (χ1) is 8.18. The van der Waals surface area contributed by atoms with Gasteiger partial charge in [-0.1, -0.05) is 6.07 Å². The molecule has 0 unspecified atom stereocenters. The summed E-state index contributed by atoms with van der Waals surface area (Å²) in [4.78, 5) is 2.40. The molecule has 1 saturated heterocycles. The Morgan fingerprint density at radius 3 is 2.65 bits per heavy atom. The SMILES string of the molecule is Cc1ccc(F)c(CCN2CCNCC2)c1C. The fourth-order valence-electron chi connectivity index (χ4n) is 2.35. The van der Waals surface area contributed by atoms with Gasteiger partial charge in [0.1, 0.15) is 5.82 Å². The smallest absolute Gasteiger partial charge is 0.126 e. The van der Waals surface area contributed by atoms with Crippen molar-refractivity contribution in [3.05, 3.63) is 34.6 Å². The number of nitrogens with zero attached hydrogens (tertiary/aromatic N) is 1. The lowest BCUT2D eigenvalue weighted by atomic mass is 10.00. The van der Waals surface area contributed by atoms with Crippen molar-refractivity contribution in [3.8, 4) is 0 Å². The molecule has 0 amide bonds. The lowest BCUT2D eigenvalue weighted by Crippen LogP contribution is -2.44. The standard InChI is InChI=1S/C14H21FN2/c1-11-3-4-14(15)13(12(11)2)5-8-17-9-6-16-7-10-17/h3-4,16H,5-10H2,1-2H3. The lowest BCUT2D eigenvalue weighted by Gasteiger charge is -2.27. The van der Waals surface area contributed by atoms with Crippen molar-refractivity contribution in [2.45, 2.75) is 20.3 Å². The zero-order valence-electron chi connectivity index (χ0n) is 10.7. The predicted molar refractivity (Wildman–Crippen MR) is 68.9 cm³/mol. The van der Waals surface area contributed by atoms with Crippen molar-refractivity contribution in [1.82, 2.24) is 10.2 Å². The third-order valence-corrected chi connectivity index (χ3v) is 3.70. The molecule has 0 radical (unpaired) electrons. The maximum absolute atomic E-state index is 13.8. The van der Waals surface area contributed by atoms with Crippen LogP contribution in [0.15, 0.2) is 12.1 Å². The number of halogens is 1. The average Bonchev–Trinajstić information content (AvgIpc) is 2.35. The van der Waals surface area contributed by atoms with Crippen LogP contribution in [0.4, 0.5) is 4.39 Å². The maximum atomic E-state index is 13.8. The molecule has 1 aromatic carbocycles. The first-order valence-corrected chi connectivity index (χ1v) is 6.36. The summed E-state index contributed by atoms with van der Waals surface area (Å²) in [5, 5.41) is 3.33. The largest absolute Gasteiger partial charge is 0.314 e. The van der Waals surface area contributed by atoms with Gasteiger partial charge in [0.15, 0.2) is 0 Å². The van der Waals surface area contributed by atoms with Crippen LogP contribution < -0.4 is 5.32 Å². The molecule has 2 rings (SSSR count). The van der Waals surface area contributed by atoms with E-state index in [9.17, 15) is 4.39 Å². The molecule has 0 atom stereocenters. The van der Waals surface area contributed by atoms with Crippen LogP contribution in [0, 0.1) is 19.7 Å². The van der Waals surface area contributed by atoms with Gasteiger partial charge in [0, 0.05) is 32.7 Å². The van der Waals surface area contributed by atoms with Gasteiger partial charge in [-0.15, -0.1) is 0 Å². The highest BCUT2D eigenvalue weighted by Gasteiger charge is 2.12. The van der Waals surface area contributed by atoms with Gasteiger partial charge < -0.3 is 10.2 Å². The zero-order valence-corrected chi connectivity index (χ0v) is 10.7. The number of aryl methyl sites for hydroxylation is 1. The molecule has 1 fully saturated rings. The van der Waals surface area contributed by atoms with E-state index in [-0.39, 0.29) is 5.82 Å². The number of rotatable bonds is 3. The van der Waals surface area contributed by atoms with E-state index in [2.05, 4.69) is 10.2 Å². The van der Waals surface area contributed by atoms with Gasteiger partial charge in [0.25, 0.3) is 0 Å². The highest BCUT2D eigenvalue weighted by atomic mass is 19.1. The average molecular weight is 236 g/mol. The Labute approximate surface area is 103 Å². The Balaban J connectivity index is 2.00. The second-order valence-corrected chi connectivity index (χ2v) is 4.81. The second-order valence-electron chi connectivity index (χ2n) is 4.81. The molecule has 94 valence electrons. The van der Waals surface area contributed by atoms with E-state index in [4.69, 9.17) is 0 Å². The minimum absolute atomic E-state index is 0.0526.